The first kappa shape index (κ1) is 7.55. The molecule has 2 rings (SSSR count). The summed E-state index contributed by atoms with van der Waals surface area (Å²) in [5.41, 5.74) is 2.16. The molecule has 0 saturated heterocycles. The number of pyridine rings is 1. The Morgan fingerprint density at radius 3 is 2.92 bits per heavy atom. The first-order valence-corrected chi connectivity index (χ1v) is 4.29. The van der Waals surface area contributed by atoms with E-state index in [-0.39, 0.29) is 0 Å². The lowest BCUT2D eigenvalue weighted by atomic mass is 10.1. The lowest BCUT2D eigenvalue weighted by molar-refractivity contribution is 0.568. The van der Waals surface area contributed by atoms with Gasteiger partial charge in [0.2, 0.25) is 0 Å². The van der Waals surface area contributed by atoms with Gasteiger partial charge >= 0.3 is 0 Å². The molecule has 2 aromatic rings. The van der Waals surface area contributed by atoms with Crippen LogP contribution >= 0.6 is 15.9 Å². The molecule has 0 bridgehead atoms. The number of aromatic nitrogens is 1. The van der Waals surface area contributed by atoms with Gasteiger partial charge in [0.05, 0.1) is 12.5 Å². The minimum absolute atomic E-state index is 0.978. The molecular weight excluding hydrogens is 218 g/mol. The van der Waals surface area contributed by atoms with E-state index in [2.05, 4.69) is 20.9 Å². The van der Waals surface area contributed by atoms with Crippen LogP contribution < -0.4 is 0 Å². The zero-order valence-corrected chi connectivity index (χ0v) is 7.78. The fourth-order valence-corrected chi connectivity index (χ4v) is 1.51. The molecule has 2 nitrogen and oxygen atoms in total. The van der Waals surface area contributed by atoms with Gasteiger partial charge in [-0.1, -0.05) is 0 Å². The Morgan fingerprint density at radius 2 is 2.25 bits per heavy atom. The lowest BCUT2D eigenvalue weighted by Crippen LogP contribution is -1.77. The highest BCUT2D eigenvalue weighted by atomic mass is 79.9. The zero-order valence-electron chi connectivity index (χ0n) is 6.20. The van der Waals surface area contributed by atoms with E-state index in [0.717, 1.165) is 15.6 Å². The Hall–Kier alpha value is -1.09. The molecule has 0 fully saturated rings. The summed E-state index contributed by atoms with van der Waals surface area (Å²) < 4.78 is 5.96. The van der Waals surface area contributed by atoms with Gasteiger partial charge in [0.25, 0.3) is 0 Å². The number of halogens is 1. The predicted molar refractivity (Wildman–Crippen MR) is 49.6 cm³/mol. The maximum Gasteiger partial charge on any atom is 0.0981 e. The van der Waals surface area contributed by atoms with E-state index in [9.17, 15) is 0 Å². The van der Waals surface area contributed by atoms with E-state index in [4.69, 9.17) is 4.42 Å². The molecule has 0 radical (unpaired) electrons. The van der Waals surface area contributed by atoms with Gasteiger partial charge in [-0.3, -0.25) is 4.98 Å². The van der Waals surface area contributed by atoms with E-state index in [0.29, 0.717) is 0 Å². The van der Waals surface area contributed by atoms with Crippen molar-refractivity contribution >= 4 is 15.9 Å². The fourth-order valence-electron chi connectivity index (χ4n) is 1.03. The van der Waals surface area contributed by atoms with Crippen molar-refractivity contribution in [2.24, 2.45) is 0 Å². The number of hydrogen-bond acceptors (Lipinski definition) is 2. The Balaban J connectivity index is 2.55. The van der Waals surface area contributed by atoms with E-state index >= 15 is 0 Å². The topological polar surface area (TPSA) is 26.0 Å². The van der Waals surface area contributed by atoms with Crippen LogP contribution in [-0.2, 0) is 0 Å². The Labute approximate surface area is 78.4 Å². The summed E-state index contributed by atoms with van der Waals surface area (Å²) >= 11 is 3.41. The zero-order chi connectivity index (χ0) is 8.39. The SMILES string of the molecule is Brc1cnccc1-c1ccoc1. The molecule has 0 aromatic carbocycles. The smallest absolute Gasteiger partial charge is 0.0981 e. The van der Waals surface area contributed by atoms with Crippen LogP contribution in [0.2, 0.25) is 0 Å². The van der Waals surface area contributed by atoms with E-state index in [1.165, 1.54) is 0 Å². The third-order valence-corrected chi connectivity index (χ3v) is 2.24. The second-order valence-electron chi connectivity index (χ2n) is 2.37. The van der Waals surface area contributed by atoms with Gasteiger partial charge in [-0.15, -0.1) is 0 Å². The highest BCUT2D eigenvalue weighted by Crippen LogP contribution is 2.26. The normalized spacial score (nSPS) is 10.1. The second-order valence-corrected chi connectivity index (χ2v) is 3.22. The van der Waals surface area contributed by atoms with Crippen LogP contribution in [-0.4, -0.2) is 4.98 Å². The average molecular weight is 224 g/mol. The van der Waals surface area contributed by atoms with Crippen LogP contribution in [0.4, 0.5) is 0 Å². The summed E-state index contributed by atoms with van der Waals surface area (Å²) in [6, 6.07) is 3.86. The summed E-state index contributed by atoms with van der Waals surface area (Å²) in [5.74, 6) is 0. The maximum atomic E-state index is 4.98. The second kappa shape index (κ2) is 3.11. The van der Waals surface area contributed by atoms with Crippen molar-refractivity contribution < 1.29 is 4.42 Å². The molecule has 2 heterocycles. The number of furan rings is 1. The first-order chi connectivity index (χ1) is 5.88. The molecule has 0 atom stereocenters. The van der Waals surface area contributed by atoms with Crippen LogP contribution in [0.25, 0.3) is 11.1 Å². The van der Waals surface area contributed by atoms with E-state index in [1.54, 1.807) is 24.9 Å². The van der Waals surface area contributed by atoms with Gasteiger partial charge in [0.15, 0.2) is 0 Å². The summed E-state index contributed by atoms with van der Waals surface area (Å²) in [5, 5.41) is 0. The maximum absolute atomic E-state index is 4.98. The number of nitrogens with zero attached hydrogens (tertiary/aromatic N) is 1. The largest absolute Gasteiger partial charge is 0.472 e. The Morgan fingerprint density at radius 1 is 1.33 bits per heavy atom. The average Bonchev–Trinajstić information content (AvgIpc) is 2.57. The van der Waals surface area contributed by atoms with Crippen LogP contribution in [0.3, 0.4) is 0 Å². The van der Waals surface area contributed by atoms with Crippen LogP contribution in [0.5, 0.6) is 0 Å². The highest BCUT2D eigenvalue weighted by molar-refractivity contribution is 9.10. The van der Waals surface area contributed by atoms with E-state index < -0.39 is 0 Å². The third-order valence-electron chi connectivity index (χ3n) is 1.60. The summed E-state index contributed by atoms with van der Waals surface area (Å²) in [4.78, 5) is 3.98. The Bertz CT molecular complexity index is 370. The van der Waals surface area contributed by atoms with Crippen molar-refractivity contribution in [1.82, 2.24) is 4.98 Å². The van der Waals surface area contributed by atoms with Crippen molar-refractivity contribution in [2.45, 2.75) is 0 Å². The van der Waals surface area contributed by atoms with Gasteiger partial charge in [0.1, 0.15) is 0 Å². The van der Waals surface area contributed by atoms with Crippen molar-refractivity contribution in [3.8, 4) is 11.1 Å². The highest BCUT2D eigenvalue weighted by Gasteiger charge is 2.02. The molecule has 0 unspecified atom stereocenters. The molecule has 0 N–H and O–H groups in total. The molecule has 0 aliphatic carbocycles. The Kier molecular flexibility index (Phi) is 1.96. The fraction of sp³-hybridized carbons (Fsp3) is 0. The third kappa shape index (κ3) is 1.28. The number of rotatable bonds is 1. The quantitative estimate of drug-likeness (QED) is 0.743. The van der Waals surface area contributed by atoms with Crippen LogP contribution in [0.1, 0.15) is 0 Å². The van der Waals surface area contributed by atoms with Crippen molar-refractivity contribution in [3.05, 3.63) is 41.5 Å². The van der Waals surface area contributed by atoms with Gasteiger partial charge in [-0.05, 0) is 28.1 Å². The molecule has 3 heteroatoms. The van der Waals surface area contributed by atoms with Crippen molar-refractivity contribution in [3.63, 3.8) is 0 Å². The van der Waals surface area contributed by atoms with Crippen LogP contribution in [0.15, 0.2) is 45.9 Å². The minimum atomic E-state index is 0.978. The van der Waals surface area contributed by atoms with Gasteiger partial charge in [-0.2, -0.15) is 0 Å². The molecule has 60 valence electrons. The molecular formula is C9H6BrNO. The predicted octanol–water partition coefficient (Wildman–Crippen LogP) is 3.10. The van der Waals surface area contributed by atoms with Gasteiger partial charge < -0.3 is 4.42 Å². The minimum Gasteiger partial charge on any atom is -0.472 e. The molecule has 0 aliphatic heterocycles. The molecule has 2 aromatic heterocycles. The van der Waals surface area contributed by atoms with Gasteiger partial charge in [-0.25, -0.2) is 0 Å². The standard InChI is InChI=1S/C9H6BrNO/c10-9-5-11-3-1-8(9)7-2-4-12-6-7/h1-6H. The van der Waals surface area contributed by atoms with Crippen LogP contribution in [0, 0.1) is 0 Å². The summed E-state index contributed by atoms with van der Waals surface area (Å²) in [6.07, 6.45) is 6.89. The number of hydrogen-bond donors (Lipinski definition) is 0. The van der Waals surface area contributed by atoms with Gasteiger partial charge in [0, 0.05) is 28.0 Å². The van der Waals surface area contributed by atoms with Crippen molar-refractivity contribution in [2.75, 3.05) is 0 Å². The monoisotopic (exact) mass is 223 g/mol. The summed E-state index contributed by atoms with van der Waals surface area (Å²) in [7, 11) is 0. The van der Waals surface area contributed by atoms with Crippen molar-refractivity contribution in [1.29, 1.82) is 0 Å². The summed E-state index contributed by atoms with van der Waals surface area (Å²) in [6.45, 7) is 0. The molecule has 0 saturated carbocycles. The molecule has 12 heavy (non-hydrogen) atoms. The lowest BCUT2D eigenvalue weighted by Gasteiger charge is -1.97. The van der Waals surface area contributed by atoms with E-state index in [1.807, 2.05) is 12.1 Å². The molecule has 0 aliphatic rings. The molecule has 0 spiro atoms. The molecule has 0 amide bonds. The first-order valence-electron chi connectivity index (χ1n) is 3.50.